The number of ether oxygens (including phenoxy) is 1. The van der Waals surface area contributed by atoms with Gasteiger partial charge in [0.1, 0.15) is 5.75 Å². The predicted octanol–water partition coefficient (Wildman–Crippen LogP) is 2.84. The molecule has 0 atom stereocenters. The van der Waals surface area contributed by atoms with E-state index in [1.54, 1.807) is 25.7 Å². The summed E-state index contributed by atoms with van der Waals surface area (Å²) in [7, 11) is 1.62. The third-order valence-electron chi connectivity index (χ3n) is 2.09. The van der Waals surface area contributed by atoms with E-state index in [0.29, 0.717) is 0 Å². The van der Waals surface area contributed by atoms with Gasteiger partial charge < -0.3 is 4.74 Å². The Labute approximate surface area is 94.4 Å². The van der Waals surface area contributed by atoms with Crippen molar-refractivity contribution in [1.29, 1.82) is 0 Å². The van der Waals surface area contributed by atoms with Crippen LogP contribution in [0, 0.1) is 0 Å². The number of aromatic nitrogens is 1. The van der Waals surface area contributed by atoms with Crippen molar-refractivity contribution >= 4 is 11.9 Å². The van der Waals surface area contributed by atoms with Gasteiger partial charge >= 0.3 is 0 Å². The van der Waals surface area contributed by atoms with E-state index in [-0.39, 0.29) is 0 Å². The van der Waals surface area contributed by atoms with E-state index in [1.165, 1.54) is 0 Å². The molecule has 0 saturated carbocycles. The summed E-state index contributed by atoms with van der Waals surface area (Å²) < 4.78 is 5.08. The Hall–Kier alpha value is -2.16. The summed E-state index contributed by atoms with van der Waals surface area (Å²) >= 11 is 0. The lowest BCUT2D eigenvalue weighted by Gasteiger charge is -1.98. The Bertz CT molecular complexity index is 480. The van der Waals surface area contributed by atoms with Crippen molar-refractivity contribution in [1.82, 2.24) is 4.98 Å². The maximum atomic E-state index is 5.08. The highest BCUT2D eigenvalue weighted by Gasteiger charge is 1.93. The second kappa shape index (κ2) is 5.07. The molecular formula is C13H12N2O. The van der Waals surface area contributed by atoms with E-state index < -0.39 is 0 Å². The molecule has 3 heteroatoms. The Morgan fingerprint density at radius 1 is 1.19 bits per heavy atom. The lowest BCUT2D eigenvalue weighted by atomic mass is 10.3. The minimum atomic E-state index is 0.733. The average molecular weight is 212 g/mol. The van der Waals surface area contributed by atoms with Crippen LogP contribution in [0.1, 0.15) is 5.56 Å². The number of benzene rings is 1. The zero-order valence-electron chi connectivity index (χ0n) is 9.00. The molecule has 1 heterocycles. The minimum absolute atomic E-state index is 0.733. The summed E-state index contributed by atoms with van der Waals surface area (Å²) in [6.07, 6.45) is 5.18. The zero-order valence-corrected chi connectivity index (χ0v) is 9.00. The van der Waals surface area contributed by atoms with Crippen LogP contribution in [0.2, 0.25) is 0 Å². The molecule has 0 amide bonds. The van der Waals surface area contributed by atoms with Gasteiger partial charge in [0, 0.05) is 18.0 Å². The number of nitrogens with zero attached hydrogens (tertiary/aromatic N) is 2. The predicted molar refractivity (Wildman–Crippen MR) is 64.5 cm³/mol. The van der Waals surface area contributed by atoms with E-state index in [4.69, 9.17) is 4.74 Å². The first-order chi connectivity index (χ1) is 7.88. The molecule has 0 N–H and O–H groups in total. The fourth-order valence-electron chi connectivity index (χ4n) is 1.28. The van der Waals surface area contributed by atoms with Gasteiger partial charge in [-0.25, -0.2) is 0 Å². The molecule has 3 nitrogen and oxygen atoms in total. The van der Waals surface area contributed by atoms with Crippen molar-refractivity contribution in [3.05, 3.63) is 54.4 Å². The van der Waals surface area contributed by atoms with E-state index >= 15 is 0 Å². The van der Waals surface area contributed by atoms with Crippen LogP contribution < -0.4 is 4.74 Å². The van der Waals surface area contributed by atoms with Crippen LogP contribution >= 0.6 is 0 Å². The van der Waals surface area contributed by atoms with Gasteiger partial charge in [0.25, 0.3) is 0 Å². The topological polar surface area (TPSA) is 34.5 Å². The van der Waals surface area contributed by atoms with E-state index in [1.807, 2.05) is 36.4 Å². The van der Waals surface area contributed by atoms with Crippen LogP contribution in [0.15, 0.2) is 53.8 Å². The molecule has 80 valence electrons. The molecule has 1 aromatic heterocycles. The lowest BCUT2D eigenvalue weighted by Crippen LogP contribution is -1.87. The molecule has 2 rings (SSSR count). The van der Waals surface area contributed by atoms with Crippen LogP contribution in [-0.2, 0) is 0 Å². The van der Waals surface area contributed by atoms with Crippen molar-refractivity contribution in [3.8, 4) is 5.75 Å². The van der Waals surface area contributed by atoms with E-state index in [9.17, 15) is 0 Å². The maximum absolute atomic E-state index is 5.08. The maximum Gasteiger partial charge on any atom is 0.137 e. The highest BCUT2D eigenvalue weighted by atomic mass is 16.5. The molecule has 0 unspecified atom stereocenters. The highest BCUT2D eigenvalue weighted by Crippen LogP contribution is 2.12. The largest absolute Gasteiger partial charge is 0.495 e. The summed E-state index contributed by atoms with van der Waals surface area (Å²) in [6, 6.07) is 11.7. The Balaban J connectivity index is 2.17. The lowest BCUT2D eigenvalue weighted by molar-refractivity contribution is 0.413. The molecule has 16 heavy (non-hydrogen) atoms. The van der Waals surface area contributed by atoms with Gasteiger partial charge in [-0.2, -0.15) is 0 Å². The molecule has 0 bridgehead atoms. The summed E-state index contributed by atoms with van der Waals surface area (Å²) in [5.41, 5.74) is 1.84. The molecule has 0 spiro atoms. The van der Waals surface area contributed by atoms with Gasteiger partial charge in [-0.3, -0.25) is 9.98 Å². The summed E-state index contributed by atoms with van der Waals surface area (Å²) in [5.74, 6) is 0.733. The monoisotopic (exact) mass is 212 g/mol. The third-order valence-corrected chi connectivity index (χ3v) is 2.09. The molecule has 0 fully saturated rings. The van der Waals surface area contributed by atoms with Gasteiger partial charge in [-0.15, -0.1) is 0 Å². The molecule has 0 aliphatic heterocycles. The van der Waals surface area contributed by atoms with Gasteiger partial charge in [-0.1, -0.05) is 18.2 Å². The van der Waals surface area contributed by atoms with E-state index in [2.05, 4.69) is 9.98 Å². The molecule has 0 saturated heterocycles. The Morgan fingerprint density at radius 3 is 2.75 bits per heavy atom. The number of hydrogen-bond acceptors (Lipinski definition) is 3. The number of methoxy groups -OCH3 is 1. The van der Waals surface area contributed by atoms with Crippen molar-refractivity contribution in [2.24, 2.45) is 4.99 Å². The SMILES string of the molecule is COc1cncc(C=Nc2ccccc2)c1. The standard InChI is InChI=1S/C13H12N2O/c1-16-13-7-11(8-14-10-13)9-15-12-5-3-2-4-6-12/h2-10H,1H3. The van der Waals surface area contributed by atoms with Gasteiger partial charge in [-0.05, 0) is 18.2 Å². The van der Waals surface area contributed by atoms with Crippen molar-refractivity contribution in [2.45, 2.75) is 0 Å². The smallest absolute Gasteiger partial charge is 0.137 e. The number of rotatable bonds is 3. The third kappa shape index (κ3) is 2.67. The molecule has 2 aromatic rings. The fraction of sp³-hybridized carbons (Fsp3) is 0.0769. The Kier molecular flexibility index (Phi) is 3.28. The average Bonchev–Trinajstić information content (AvgIpc) is 2.38. The zero-order chi connectivity index (χ0) is 11.2. The van der Waals surface area contributed by atoms with Crippen LogP contribution in [0.4, 0.5) is 5.69 Å². The van der Waals surface area contributed by atoms with Crippen LogP contribution in [0.5, 0.6) is 5.75 Å². The van der Waals surface area contributed by atoms with Crippen molar-refractivity contribution in [3.63, 3.8) is 0 Å². The molecule has 0 aliphatic rings. The van der Waals surface area contributed by atoms with Crippen molar-refractivity contribution in [2.75, 3.05) is 7.11 Å². The second-order valence-corrected chi connectivity index (χ2v) is 3.25. The first-order valence-electron chi connectivity index (χ1n) is 4.96. The Morgan fingerprint density at radius 2 is 2.00 bits per heavy atom. The van der Waals surface area contributed by atoms with Crippen molar-refractivity contribution < 1.29 is 4.74 Å². The van der Waals surface area contributed by atoms with Gasteiger partial charge in [0.2, 0.25) is 0 Å². The minimum Gasteiger partial charge on any atom is -0.495 e. The molecule has 0 radical (unpaired) electrons. The second-order valence-electron chi connectivity index (χ2n) is 3.25. The van der Waals surface area contributed by atoms with Crippen LogP contribution in [0.3, 0.4) is 0 Å². The summed E-state index contributed by atoms with van der Waals surface area (Å²) in [4.78, 5) is 8.38. The fourth-order valence-corrected chi connectivity index (χ4v) is 1.28. The molecule has 0 aliphatic carbocycles. The van der Waals surface area contributed by atoms with Gasteiger partial charge in [0.05, 0.1) is 19.0 Å². The quantitative estimate of drug-likeness (QED) is 0.733. The van der Waals surface area contributed by atoms with Gasteiger partial charge in [0.15, 0.2) is 0 Å². The number of hydrogen-bond donors (Lipinski definition) is 0. The summed E-state index contributed by atoms with van der Waals surface area (Å²) in [6.45, 7) is 0. The summed E-state index contributed by atoms with van der Waals surface area (Å²) in [5, 5.41) is 0. The van der Waals surface area contributed by atoms with E-state index in [0.717, 1.165) is 17.0 Å². The number of para-hydroxylation sites is 1. The number of aliphatic imine (C=N–C) groups is 1. The molecule has 1 aromatic carbocycles. The first-order valence-corrected chi connectivity index (χ1v) is 4.96. The van der Waals surface area contributed by atoms with Crippen LogP contribution in [-0.4, -0.2) is 18.3 Å². The molecular weight excluding hydrogens is 200 g/mol. The number of pyridine rings is 1. The first kappa shape index (κ1) is 10.4. The normalized spacial score (nSPS) is 10.6. The highest BCUT2D eigenvalue weighted by molar-refractivity contribution is 5.81. The van der Waals surface area contributed by atoms with Crippen LogP contribution in [0.25, 0.3) is 0 Å².